The van der Waals surface area contributed by atoms with Crippen LogP contribution in [0.1, 0.15) is 12.5 Å². The summed E-state index contributed by atoms with van der Waals surface area (Å²) in [5.74, 6) is 0.763. The van der Waals surface area contributed by atoms with Gasteiger partial charge in [0.15, 0.2) is 5.11 Å². The van der Waals surface area contributed by atoms with Crippen molar-refractivity contribution >= 4 is 39.5 Å². The van der Waals surface area contributed by atoms with E-state index in [0.29, 0.717) is 6.61 Å². The SMILES string of the molecule is CCOc1ccc(Br)cc1C=NNC(N)=S. The van der Waals surface area contributed by atoms with Gasteiger partial charge in [0.1, 0.15) is 5.75 Å². The third-order valence-corrected chi connectivity index (χ3v) is 2.23. The maximum atomic E-state index is 5.45. The Kier molecular flexibility index (Phi) is 5.21. The third-order valence-electron chi connectivity index (χ3n) is 1.65. The second-order valence-corrected chi connectivity index (χ2v) is 4.20. The van der Waals surface area contributed by atoms with E-state index in [-0.39, 0.29) is 5.11 Å². The fourth-order valence-corrected chi connectivity index (χ4v) is 1.50. The Morgan fingerprint density at radius 1 is 1.69 bits per heavy atom. The predicted molar refractivity (Wildman–Crippen MR) is 72.8 cm³/mol. The molecule has 86 valence electrons. The minimum atomic E-state index is 0.129. The van der Waals surface area contributed by atoms with E-state index in [2.05, 4.69) is 38.7 Å². The lowest BCUT2D eigenvalue weighted by Gasteiger charge is -2.06. The largest absolute Gasteiger partial charge is 0.493 e. The summed E-state index contributed by atoms with van der Waals surface area (Å²) in [4.78, 5) is 0. The third kappa shape index (κ3) is 4.16. The van der Waals surface area contributed by atoms with Crippen molar-refractivity contribution in [1.82, 2.24) is 5.43 Å². The van der Waals surface area contributed by atoms with Crippen molar-refractivity contribution in [2.75, 3.05) is 6.61 Å². The highest BCUT2D eigenvalue weighted by molar-refractivity contribution is 9.10. The summed E-state index contributed by atoms with van der Waals surface area (Å²) in [6.07, 6.45) is 1.61. The minimum Gasteiger partial charge on any atom is -0.493 e. The maximum Gasteiger partial charge on any atom is 0.184 e. The van der Waals surface area contributed by atoms with Crippen molar-refractivity contribution in [2.24, 2.45) is 10.8 Å². The fraction of sp³-hybridized carbons (Fsp3) is 0.200. The number of hydrazone groups is 1. The highest BCUT2D eigenvalue weighted by Crippen LogP contribution is 2.21. The van der Waals surface area contributed by atoms with E-state index < -0.39 is 0 Å². The van der Waals surface area contributed by atoms with Gasteiger partial charge in [-0.15, -0.1) is 0 Å². The predicted octanol–water partition coefficient (Wildman–Crippen LogP) is 2.01. The molecule has 0 fully saturated rings. The fourth-order valence-electron chi connectivity index (χ4n) is 1.07. The van der Waals surface area contributed by atoms with Crippen LogP contribution < -0.4 is 15.9 Å². The number of nitrogens with two attached hydrogens (primary N) is 1. The Labute approximate surface area is 108 Å². The van der Waals surface area contributed by atoms with Crippen LogP contribution in [-0.2, 0) is 0 Å². The zero-order valence-electron chi connectivity index (χ0n) is 8.74. The Morgan fingerprint density at radius 2 is 2.44 bits per heavy atom. The second-order valence-electron chi connectivity index (χ2n) is 2.85. The molecule has 0 saturated heterocycles. The molecule has 0 aliphatic heterocycles. The zero-order valence-corrected chi connectivity index (χ0v) is 11.1. The van der Waals surface area contributed by atoms with E-state index in [1.807, 2.05) is 25.1 Å². The van der Waals surface area contributed by atoms with Gasteiger partial charge in [-0.1, -0.05) is 15.9 Å². The van der Waals surface area contributed by atoms with Gasteiger partial charge < -0.3 is 10.5 Å². The zero-order chi connectivity index (χ0) is 12.0. The van der Waals surface area contributed by atoms with Gasteiger partial charge in [0.25, 0.3) is 0 Å². The summed E-state index contributed by atoms with van der Waals surface area (Å²) in [7, 11) is 0. The molecule has 1 rings (SSSR count). The molecule has 0 aromatic heterocycles. The van der Waals surface area contributed by atoms with E-state index >= 15 is 0 Å². The summed E-state index contributed by atoms with van der Waals surface area (Å²) in [6.45, 7) is 2.53. The molecule has 1 aromatic rings. The Bertz CT molecular complexity index is 409. The molecule has 0 unspecified atom stereocenters. The molecule has 0 atom stereocenters. The average Bonchev–Trinajstić information content (AvgIpc) is 2.21. The second kappa shape index (κ2) is 6.44. The molecule has 0 aliphatic carbocycles. The van der Waals surface area contributed by atoms with Crippen LogP contribution in [0.2, 0.25) is 0 Å². The quantitative estimate of drug-likeness (QED) is 0.507. The maximum absolute atomic E-state index is 5.45. The number of ether oxygens (including phenoxy) is 1. The highest BCUT2D eigenvalue weighted by Gasteiger charge is 2.01. The first kappa shape index (κ1) is 12.9. The first-order chi connectivity index (χ1) is 7.63. The van der Waals surface area contributed by atoms with Crippen LogP contribution in [0, 0.1) is 0 Å². The molecular formula is C10H12BrN3OS. The highest BCUT2D eigenvalue weighted by atomic mass is 79.9. The molecule has 0 bridgehead atoms. The van der Waals surface area contributed by atoms with Crippen LogP contribution in [0.3, 0.4) is 0 Å². The molecule has 0 saturated carbocycles. The number of benzene rings is 1. The van der Waals surface area contributed by atoms with Crippen molar-refractivity contribution in [3.63, 3.8) is 0 Å². The summed E-state index contributed by atoms with van der Waals surface area (Å²) in [5, 5.41) is 4.01. The van der Waals surface area contributed by atoms with Crippen molar-refractivity contribution in [3.05, 3.63) is 28.2 Å². The Hall–Kier alpha value is -1.14. The number of nitrogens with one attached hydrogen (secondary N) is 1. The number of rotatable bonds is 4. The lowest BCUT2D eigenvalue weighted by Crippen LogP contribution is -2.24. The van der Waals surface area contributed by atoms with E-state index in [1.54, 1.807) is 6.21 Å². The number of nitrogens with zero attached hydrogens (tertiary/aromatic N) is 1. The molecule has 0 radical (unpaired) electrons. The number of thiocarbonyl (C=S) groups is 1. The summed E-state index contributed by atoms with van der Waals surface area (Å²) in [5.41, 5.74) is 8.59. The van der Waals surface area contributed by atoms with Crippen molar-refractivity contribution < 1.29 is 4.74 Å². The standard InChI is InChI=1S/C10H12BrN3OS/c1-2-15-9-4-3-8(11)5-7(9)6-13-14-10(12)16/h3-6H,2H2,1H3,(H3,12,14,16). The number of hydrogen-bond acceptors (Lipinski definition) is 3. The molecule has 6 heteroatoms. The summed E-state index contributed by atoms with van der Waals surface area (Å²) < 4.78 is 6.40. The van der Waals surface area contributed by atoms with E-state index in [9.17, 15) is 0 Å². The van der Waals surface area contributed by atoms with Gasteiger partial charge in [0.05, 0.1) is 12.8 Å². The average molecular weight is 302 g/mol. The molecule has 3 N–H and O–H groups in total. The molecule has 16 heavy (non-hydrogen) atoms. The van der Waals surface area contributed by atoms with Crippen LogP contribution in [0.5, 0.6) is 5.75 Å². The Balaban J connectivity index is 2.86. The van der Waals surface area contributed by atoms with Gasteiger partial charge in [-0.3, -0.25) is 5.43 Å². The van der Waals surface area contributed by atoms with Crippen LogP contribution in [0.15, 0.2) is 27.8 Å². The van der Waals surface area contributed by atoms with E-state index in [1.165, 1.54) is 0 Å². The molecule has 0 heterocycles. The van der Waals surface area contributed by atoms with Crippen molar-refractivity contribution in [1.29, 1.82) is 0 Å². The molecular weight excluding hydrogens is 290 g/mol. The van der Waals surface area contributed by atoms with Crippen LogP contribution in [0.4, 0.5) is 0 Å². The molecule has 1 aromatic carbocycles. The summed E-state index contributed by atoms with van der Waals surface area (Å²) in [6, 6.07) is 5.68. The first-order valence-corrected chi connectivity index (χ1v) is 5.84. The molecule has 0 amide bonds. The number of halogens is 1. The van der Waals surface area contributed by atoms with Crippen molar-refractivity contribution in [2.45, 2.75) is 6.92 Å². The number of hydrogen-bond donors (Lipinski definition) is 2. The van der Waals surface area contributed by atoms with Crippen molar-refractivity contribution in [3.8, 4) is 5.75 Å². The van der Waals surface area contributed by atoms with Crippen LogP contribution >= 0.6 is 28.1 Å². The summed E-state index contributed by atoms with van der Waals surface area (Å²) >= 11 is 8.01. The lowest BCUT2D eigenvalue weighted by molar-refractivity contribution is 0.339. The lowest BCUT2D eigenvalue weighted by atomic mass is 10.2. The van der Waals surface area contributed by atoms with Gasteiger partial charge in [0, 0.05) is 10.0 Å². The topological polar surface area (TPSA) is 59.6 Å². The molecule has 0 aliphatic rings. The molecule has 0 spiro atoms. The van der Waals surface area contributed by atoms with Gasteiger partial charge in [-0.05, 0) is 37.3 Å². The van der Waals surface area contributed by atoms with Gasteiger partial charge in [-0.2, -0.15) is 5.10 Å². The van der Waals surface area contributed by atoms with Gasteiger partial charge in [0.2, 0.25) is 0 Å². The monoisotopic (exact) mass is 301 g/mol. The van der Waals surface area contributed by atoms with Crippen LogP contribution in [-0.4, -0.2) is 17.9 Å². The van der Waals surface area contributed by atoms with E-state index in [0.717, 1.165) is 15.8 Å². The van der Waals surface area contributed by atoms with Gasteiger partial charge in [-0.25, -0.2) is 0 Å². The normalized spacial score (nSPS) is 10.4. The smallest absolute Gasteiger partial charge is 0.184 e. The van der Waals surface area contributed by atoms with Crippen LogP contribution in [0.25, 0.3) is 0 Å². The van der Waals surface area contributed by atoms with Gasteiger partial charge >= 0.3 is 0 Å². The van der Waals surface area contributed by atoms with E-state index in [4.69, 9.17) is 10.5 Å². The minimum absolute atomic E-state index is 0.129. The Morgan fingerprint density at radius 3 is 3.06 bits per heavy atom. The molecule has 4 nitrogen and oxygen atoms in total. The first-order valence-electron chi connectivity index (χ1n) is 4.64.